The van der Waals surface area contributed by atoms with Crippen LogP contribution < -0.4 is 0 Å². The summed E-state index contributed by atoms with van der Waals surface area (Å²) in [4.78, 5) is 24.3. The van der Waals surface area contributed by atoms with Crippen molar-refractivity contribution in [2.75, 3.05) is 65.6 Å². The van der Waals surface area contributed by atoms with E-state index in [1.807, 2.05) is 17.0 Å². The average Bonchev–Trinajstić information content (AvgIpc) is 3.03. The van der Waals surface area contributed by atoms with Crippen LogP contribution in [0.25, 0.3) is 0 Å². The lowest BCUT2D eigenvalue weighted by Gasteiger charge is -2.41. The second-order valence-corrected chi connectivity index (χ2v) is 12.3. The number of carbonyl (C=O) groups excluding carboxylic acids is 1. The first-order valence-electron chi connectivity index (χ1n) is 14.3. The van der Waals surface area contributed by atoms with Gasteiger partial charge in [0.25, 0.3) is 10.0 Å². The summed E-state index contributed by atoms with van der Waals surface area (Å²) < 4.78 is 34.2. The number of aromatic nitrogens is 1. The Kier molecular flexibility index (Phi) is 9.79. The Labute approximate surface area is 243 Å². The van der Waals surface area contributed by atoms with Crippen molar-refractivity contribution >= 4 is 15.9 Å². The summed E-state index contributed by atoms with van der Waals surface area (Å²) >= 11 is 0. The zero-order chi connectivity index (χ0) is 28.7. The molecule has 2 aliphatic heterocycles. The summed E-state index contributed by atoms with van der Waals surface area (Å²) in [6, 6.07) is 24.9. The van der Waals surface area contributed by atoms with Crippen molar-refractivity contribution < 1.29 is 17.9 Å². The minimum absolute atomic E-state index is 0.0417. The lowest BCUT2D eigenvalue weighted by molar-refractivity contribution is -0.136. The predicted molar refractivity (Wildman–Crippen MR) is 158 cm³/mol. The number of pyridine rings is 1. The van der Waals surface area contributed by atoms with E-state index in [9.17, 15) is 13.2 Å². The van der Waals surface area contributed by atoms with Gasteiger partial charge in [-0.15, -0.1) is 0 Å². The van der Waals surface area contributed by atoms with Crippen LogP contribution in [0.5, 0.6) is 0 Å². The molecule has 0 bridgehead atoms. The third-order valence-electron chi connectivity index (χ3n) is 7.96. The second kappa shape index (κ2) is 13.7. The molecule has 9 nitrogen and oxygen atoms in total. The zero-order valence-corrected chi connectivity index (χ0v) is 24.4. The van der Waals surface area contributed by atoms with E-state index >= 15 is 0 Å². The molecular weight excluding hydrogens is 538 g/mol. The van der Waals surface area contributed by atoms with E-state index in [1.54, 1.807) is 19.1 Å². The molecule has 10 heteroatoms. The maximum Gasteiger partial charge on any atom is 0.261 e. The van der Waals surface area contributed by atoms with E-state index in [2.05, 4.69) is 63.3 Å². The second-order valence-electron chi connectivity index (χ2n) is 10.5. The van der Waals surface area contributed by atoms with Gasteiger partial charge in [-0.2, -0.15) is 4.31 Å². The Morgan fingerprint density at radius 3 is 2.00 bits per heavy atom. The summed E-state index contributed by atoms with van der Waals surface area (Å²) in [6.45, 7) is 7.59. The Bertz CT molecular complexity index is 1310. The van der Waals surface area contributed by atoms with Crippen molar-refractivity contribution in [3.63, 3.8) is 0 Å². The van der Waals surface area contributed by atoms with Gasteiger partial charge in [-0.25, -0.2) is 13.4 Å². The van der Waals surface area contributed by atoms with Crippen LogP contribution in [-0.4, -0.2) is 110 Å². The number of carbonyl (C=O) groups is 1. The molecule has 2 fully saturated rings. The average molecular weight is 578 g/mol. The van der Waals surface area contributed by atoms with Gasteiger partial charge in [0.15, 0.2) is 5.03 Å². The summed E-state index contributed by atoms with van der Waals surface area (Å²) in [5, 5.41) is -0.0417. The highest BCUT2D eigenvalue weighted by Crippen LogP contribution is 2.30. The molecule has 0 radical (unpaired) electrons. The van der Waals surface area contributed by atoms with Gasteiger partial charge in [0.2, 0.25) is 5.91 Å². The first-order chi connectivity index (χ1) is 19.9. The van der Waals surface area contributed by atoms with Crippen molar-refractivity contribution in [1.29, 1.82) is 0 Å². The fourth-order valence-corrected chi connectivity index (χ4v) is 7.19. The lowest BCUT2D eigenvalue weighted by Crippen LogP contribution is -2.56. The fraction of sp³-hybridized carbons (Fsp3) is 0.419. The molecule has 2 saturated heterocycles. The Morgan fingerprint density at radius 1 is 0.854 bits per heavy atom. The summed E-state index contributed by atoms with van der Waals surface area (Å²) in [7, 11) is -3.97. The predicted octanol–water partition coefficient (Wildman–Crippen LogP) is 2.73. The summed E-state index contributed by atoms with van der Waals surface area (Å²) in [5.41, 5.74) is 2.42. The van der Waals surface area contributed by atoms with E-state index in [0.717, 1.165) is 13.1 Å². The van der Waals surface area contributed by atoms with Crippen LogP contribution in [0.2, 0.25) is 0 Å². The van der Waals surface area contributed by atoms with Crippen molar-refractivity contribution in [1.82, 2.24) is 24.0 Å². The van der Waals surface area contributed by atoms with Crippen LogP contribution in [0.1, 0.15) is 24.1 Å². The van der Waals surface area contributed by atoms with Crippen LogP contribution in [0, 0.1) is 0 Å². The molecule has 3 heterocycles. The highest BCUT2D eigenvalue weighted by molar-refractivity contribution is 7.89. The quantitative estimate of drug-likeness (QED) is 0.366. The van der Waals surface area contributed by atoms with Gasteiger partial charge >= 0.3 is 0 Å². The lowest BCUT2D eigenvalue weighted by atomic mass is 9.96. The molecule has 1 amide bonds. The standard InChI is InChI=1S/C31H39N5O4S/c1-26(36(21-16-33-22-24-40-25-23-33)41(38,39)29-14-8-9-15-32-29)31(37)35-19-17-34(18-20-35)30(27-10-4-2-5-11-27)28-12-6-3-7-13-28/h2-15,26,30H,16-25H2,1H3. The van der Waals surface area contributed by atoms with Gasteiger partial charge in [0, 0.05) is 58.6 Å². The van der Waals surface area contributed by atoms with Gasteiger partial charge < -0.3 is 9.64 Å². The zero-order valence-electron chi connectivity index (χ0n) is 23.6. The number of benzene rings is 2. The van der Waals surface area contributed by atoms with Crippen LogP contribution >= 0.6 is 0 Å². The van der Waals surface area contributed by atoms with Crippen molar-refractivity contribution in [3.8, 4) is 0 Å². The number of nitrogens with zero attached hydrogens (tertiary/aromatic N) is 5. The van der Waals surface area contributed by atoms with Gasteiger partial charge in [0.05, 0.1) is 19.3 Å². The molecule has 1 atom stereocenters. The first-order valence-corrected chi connectivity index (χ1v) is 15.7. The number of rotatable bonds is 10. The highest BCUT2D eigenvalue weighted by Gasteiger charge is 2.37. The Balaban J connectivity index is 1.30. The number of morpholine rings is 1. The maximum atomic E-state index is 13.8. The monoisotopic (exact) mass is 577 g/mol. The van der Waals surface area contributed by atoms with Gasteiger partial charge in [-0.1, -0.05) is 66.7 Å². The number of hydrogen-bond donors (Lipinski definition) is 0. The molecule has 218 valence electrons. The minimum atomic E-state index is -3.97. The third-order valence-corrected chi connectivity index (χ3v) is 9.85. The van der Waals surface area contributed by atoms with E-state index in [1.165, 1.54) is 27.7 Å². The van der Waals surface area contributed by atoms with Crippen molar-refractivity contribution in [2.45, 2.75) is 24.0 Å². The number of piperazine rings is 1. The number of ether oxygens (including phenoxy) is 1. The SMILES string of the molecule is CC(C(=O)N1CCN(C(c2ccccc2)c2ccccc2)CC1)N(CCN1CCOCC1)S(=O)(=O)c1ccccn1. The van der Waals surface area contributed by atoms with Crippen LogP contribution in [0.4, 0.5) is 0 Å². The molecule has 3 aromatic rings. The molecule has 41 heavy (non-hydrogen) atoms. The van der Waals surface area contributed by atoms with Crippen molar-refractivity contribution in [3.05, 3.63) is 96.2 Å². The van der Waals surface area contributed by atoms with E-state index in [-0.39, 0.29) is 23.5 Å². The molecule has 0 saturated carbocycles. The maximum absolute atomic E-state index is 13.8. The third kappa shape index (κ3) is 7.02. The van der Waals surface area contributed by atoms with E-state index in [0.29, 0.717) is 45.9 Å². The molecule has 2 aliphatic rings. The largest absolute Gasteiger partial charge is 0.379 e. The topological polar surface area (TPSA) is 86.3 Å². The molecule has 5 rings (SSSR count). The van der Waals surface area contributed by atoms with Crippen LogP contribution in [-0.2, 0) is 19.6 Å². The molecular formula is C31H39N5O4S. The number of amides is 1. The Hall–Kier alpha value is -3.15. The fourth-order valence-electron chi connectivity index (χ4n) is 5.68. The molecule has 1 aromatic heterocycles. The molecule has 1 unspecified atom stereocenters. The Morgan fingerprint density at radius 2 is 1.44 bits per heavy atom. The van der Waals surface area contributed by atoms with Crippen LogP contribution in [0.3, 0.4) is 0 Å². The van der Waals surface area contributed by atoms with E-state index < -0.39 is 16.1 Å². The molecule has 2 aromatic carbocycles. The number of sulfonamides is 1. The van der Waals surface area contributed by atoms with Crippen molar-refractivity contribution in [2.24, 2.45) is 0 Å². The smallest absolute Gasteiger partial charge is 0.261 e. The molecule has 0 spiro atoms. The van der Waals surface area contributed by atoms with Crippen LogP contribution in [0.15, 0.2) is 90.1 Å². The first kappa shape index (κ1) is 29.3. The highest BCUT2D eigenvalue weighted by atomic mass is 32.2. The number of hydrogen-bond acceptors (Lipinski definition) is 7. The van der Waals surface area contributed by atoms with Gasteiger partial charge in [0.1, 0.15) is 6.04 Å². The van der Waals surface area contributed by atoms with Gasteiger partial charge in [-0.3, -0.25) is 14.6 Å². The molecule has 0 aliphatic carbocycles. The van der Waals surface area contributed by atoms with Gasteiger partial charge in [-0.05, 0) is 30.2 Å². The summed E-state index contributed by atoms with van der Waals surface area (Å²) in [6.07, 6.45) is 1.47. The minimum Gasteiger partial charge on any atom is -0.379 e. The molecule has 0 N–H and O–H groups in total. The summed E-state index contributed by atoms with van der Waals surface area (Å²) in [5.74, 6) is -0.179. The van der Waals surface area contributed by atoms with E-state index in [4.69, 9.17) is 4.74 Å². The normalized spacial score (nSPS) is 18.1.